The van der Waals surface area contributed by atoms with Gasteiger partial charge in [0.2, 0.25) is 0 Å². The van der Waals surface area contributed by atoms with Crippen LogP contribution in [0.1, 0.15) is 22.8 Å². The Morgan fingerprint density at radius 1 is 1.50 bits per heavy atom. The fraction of sp³-hybridized carbons (Fsp3) is 0.364. The summed E-state index contributed by atoms with van der Waals surface area (Å²) in [5.74, 6) is -0.267. The topological polar surface area (TPSA) is 26.3 Å². The Kier molecular flexibility index (Phi) is 4.01. The maximum absolute atomic E-state index is 11.4. The predicted octanol–water partition coefficient (Wildman–Crippen LogP) is 2.76. The van der Waals surface area contributed by atoms with Crippen LogP contribution in [-0.4, -0.2) is 19.3 Å². The van der Waals surface area contributed by atoms with E-state index in [1.54, 1.807) is 11.8 Å². The third kappa shape index (κ3) is 2.29. The van der Waals surface area contributed by atoms with Gasteiger partial charge in [0.25, 0.3) is 0 Å². The van der Waals surface area contributed by atoms with Crippen molar-refractivity contribution in [2.75, 3.05) is 13.4 Å². The van der Waals surface area contributed by atoms with Crippen molar-refractivity contribution in [2.24, 2.45) is 0 Å². The van der Waals surface area contributed by atoms with E-state index in [4.69, 9.17) is 4.74 Å². The summed E-state index contributed by atoms with van der Waals surface area (Å²) in [4.78, 5) is 12.3. The molecule has 0 aliphatic heterocycles. The van der Waals surface area contributed by atoms with Gasteiger partial charge >= 0.3 is 5.97 Å². The molecule has 0 aliphatic carbocycles. The highest BCUT2D eigenvalue weighted by Crippen LogP contribution is 2.22. The van der Waals surface area contributed by atoms with Gasteiger partial charge in [-0.05, 0) is 30.4 Å². The fourth-order valence-corrected chi connectivity index (χ4v) is 1.87. The monoisotopic (exact) mass is 210 g/mol. The van der Waals surface area contributed by atoms with Crippen molar-refractivity contribution in [3.63, 3.8) is 0 Å². The number of aryl methyl sites for hydroxylation is 1. The van der Waals surface area contributed by atoms with Crippen molar-refractivity contribution in [3.05, 3.63) is 29.3 Å². The first-order valence-corrected chi connectivity index (χ1v) is 5.70. The summed E-state index contributed by atoms with van der Waals surface area (Å²) in [6.07, 6.45) is 2.94. The largest absolute Gasteiger partial charge is 0.465 e. The number of hydrogen-bond donors (Lipinski definition) is 0. The van der Waals surface area contributed by atoms with Gasteiger partial charge in [0.15, 0.2) is 0 Å². The van der Waals surface area contributed by atoms with Gasteiger partial charge in [0.1, 0.15) is 0 Å². The second kappa shape index (κ2) is 5.05. The second-order valence-corrected chi connectivity index (χ2v) is 3.73. The van der Waals surface area contributed by atoms with E-state index in [-0.39, 0.29) is 5.97 Å². The number of esters is 1. The number of hydrogen-bond acceptors (Lipinski definition) is 3. The third-order valence-corrected chi connectivity index (χ3v) is 2.86. The summed E-state index contributed by atoms with van der Waals surface area (Å²) in [7, 11) is 1.40. The van der Waals surface area contributed by atoms with Crippen molar-refractivity contribution < 1.29 is 9.53 Å². The van der Waals surface area contributed by atoms with Gasteiger partial charge < -0.3 is 4.74 Å². The Bertz CT molecular complexity index is 334. The molecule has 0 saturated heterocycles. The Morgan fingerprint density at radius 3 is 2.71 bits per heavy atom. The molecule has 0 unspecified atom stereocenters. The van der Waals surface area contributed by atoms with Crippen LogP contribution in [0, 0.1) is 0 Å². The molecule has 0 radical (unpaired) electrons. The molecule has 1 rings (SSSR count). The first-order valence-electron chi connectivity index (χ1n) is 4.48. The SMILES string of the molecule is CCc1ccc(C(=O)OC)c(SC)c1. The molecule has 0 atom stereocenters. The van der Waals surface area contributed by atoms with E-state index in [0.717, 1.165) is 11.3 Å². The Morgan fingerprint density at radius 2 is 2.21 bits per heavy atom. The normalized spacial score (nSPS) is 9.93. The van der Waals surface area contributed by atoms with E-state index in [2.05, 4.69) is 6.92 Å². The van der Waals surface area contributed by atoms with Gasteiger partial charge in [-0.2, -0.15) is 0 Å². The summed E-state index contributed by atoms with van der Waals surface area (Å²) < 4.78 is 4.70. The molecule has 0 bridgehead atoms. The molecule has 76 valence electrons. The summed E-state index contributed by atoms with van der Waals surface area (Å²) in [5, 5.41) is 0. The van der Waals surface area contributed by atoms with Crippen LogP contribution in [0.3, 0.4) is 0 Å². The number of carbonyl (C=O) groups excluding carboxylic acids is 1. The molecule has 0 spiro atoms. The molecule has 0 N–H and O–H groups in total. The lowest BCUT2D eigenvalue weighted by Crippen LogP contribution is -2.03. The van der Waals surface area contributed by atoms with Crippen molar-refractivity contribution in [2.45, 2.75) is 18.2 Å². The maximum Gasteiger partial charge on any atom is 0.338 e. The highest BCUT2D eigenvalue weighted by Gasteiger charge is 2.10. The first-order chi connectivity index (χ1) is 6.72. The van der Waals surface area contributed by atoms with Gasteiger partial charge in [0, 0.05) is 4.90 Å². The lowest BCUT2D eigenvalue weighted by Gasteiger charge is -2.06. The number of benzene rings is 1. The standard InChI is InChI=1S/C11H14O2S/c1-4-8-5-6-9(11(12)13-2)10(7-8)14-3/h5-7H,4H2,1-3H3. The molecule has 0 amide bonds. The summed E-state index contributed by atoms with van der Waals surface area (Å²) in [5.41, 5.74) is 1.89. The minimum absolute atomic E-state index is 0.267. The molecule has 2 nitrogen and oxygen atoms in total. The molecule has 0 saturated carbocycles. The van der Waals surface area contributed by atoms with E-state index in [1.807, 2.05) is 24.5 Å². The van der Waals surface area contributed by atoms with Crippen molar-refractivity contribution in [3.8, 4) is 0 Å². The van der Waals surface area contributed by atoms with Gasteiger partial charge in [-0.15, -0.1) is 11.8 Å². The highest BCUT2D eigenvalue weighted by molar-refractivity contribution is 7.98. The predicted molar refractivity (Wildman–Crippen MR) is 58.9 cm³/mol. The Hall–Kier alpha value is -0.960. The van der Waals surface area contributed by atoms with Crippen molar-refractivity contribution in [1.82, 2.24) is 0 Å². The quantitative estimate of drug-likeness (QED) is 0.567. The van der Waals surface area contributed by atoms with Gasteiger partial charge in [-0.25, -0.2) is 4.79 Å². The first kappa shape index (κ1) is 11.1. The lowest BCUT2D eigenvalue weighted by atomic mass is 10.1. The molecule has 0 heterocycles. The van der Waals surface area contributed by atoms with E-state index in [1.165, 1.54) is 12.7 Å². The molecule has 1 aromatic rings. The zero-order valence-electron chi connectivity index (χ0n) is 8.66. The zero-order chi connectivity index (χ0) is 10.6. The molecule has 0 aromatic heterocycles. The van der Waals surface area contributed by atoms with Crippen LogP contribution >= 0.6 is 11.8 Å². The number of rotatable bonds is 3. The third-order valence-electron chi connectivity index (χ3n) is 2.08. The van der Waals surface area contributed by atoms with Crippen LogP contribution < -0.4 is 0 Å². The van der Waals surface area contributed by atoms with E-state index < -0.39 is 0 Å². The molecular weight excluding hydrogens is 196 g/mol. The second-order valence-electron chi connectivity index (χ2n) is 2.88. The van der Waals surface area contributed by atoms with E-state index >= 15 is 0 Å². The average molecular weight is 210 g/mol. The number of ether oxygens (including phenoxy) is 1. The molecule has 0 aliphatic rings. The van der Waals surface area contributed by atoms with Crippen LogP contribution in [0.25, 0.3) is 0 Å². The molecular formula is C11H14O2S. The molecule has 1 aromatic carbocycles. The smallest absolute Gasteiger partial charge is 0.338 e. The average Bonchev–Trinajstić information content (AvgIpc) is 2.27. The van der Waals surface area contributed by atoms with Crippen LogP contribution in [0.15, 0.2) is 23.1 Å². The number of methoxy groups -OCH3 is 1. The van der Waals surface area contributed by atoms with E-state index in [9.17, 15) is 4.79 Å². The number of carbonyl (C=O) groups is 1. The van der Waals surface area contributed by atoms with Crippen LogP contribution in [0.2, 0.25) is 0 Å². The van der Waals surface area contributed by atoms with Gasteiger partial charge in [-0.3, -0.25) is 0 Å². The van der Waals surface area contributed by atoms with E-state index in [0.29, 0.717) is 5.56 Å². The minimum Gasteiger partial charge on any atom is -0.465 e. The summed E-state index contributed by atoms with van der Waals surface area (Å²) in [6, 6.07) is 5.83. The lowest BCUT2D eigenvalue weighted by molar-refractivity contribution is 0.0597. The summed E-state index contributed by atoms with van der Waals surface area (Å²) in [6.45, 7) is 2.09. The molecule has 3 heteroatoms. The Balaban J connectivity index is 3.11. The van der Waals surface area contributed by atoms with Crippen LogP contribution in [0.4, 0.5) is 0 Å². The van der Waals surface area contributed by atoms with Gasteiger partial charge in [-0.1, -0.05) is 13.0 Å². The van der Waals surface area contributed by atoms with Crippen LogP contribution in [-0.2, 0) is 11.2 Å². The highest BCUT2D eigenvalue weighted by atomic mass is 32.2. The fourth-order valence-electron chi connectivity index (χ4n) is 1.23. The minimum atomic E-state index is -0.267. The van der Waals surface area contributed by atoms with Crippen molar-refractivity contribution in [1.29, 1.82) is 0 Å². The van der Waals surface area contributed by atoms with Crippen molar-refractivity contribution >= 4 is 17.7 Å². The molecule has 0 fully saturated rings. The van der Waals surface area contributed by atoms with Gasteiger partial charge in [0.05, 0.1) is 12.7 Å². The summed E-state index contributed by atoms with van der Waals surface area (Å²) >= 11 is 1.57. The Labute approximate surface area is 88.7 Å². The zero-order valence-corrected chi connectivity index (χ0v) is 9.48. The molecule has 14 heavy (non-hydrogen) atoms. The number of thioether (sulfide) groups is 1. The van der Waals surface area contributed by atoms with Crippen LogP contribution in [0.5, 0.6) is 0 Å². The maximum atomic E-state index is 11.4.